The molecule has 2 atom stereocenters. The summed E-state index contributed by atoms with van der Waals surface area (Å²) < 4.78 is 10.2. The summed E-state index contributed by atoms with van der Waals surface area (Å²) >= 11 is 0. The highest BCUT2D eigenvalue weighted by atomic mass is 16.6. The average Bonchev–Trinajstić information content (AvgIpc) is 2.42. The van der Waals surface area contributed by atoms with Crippen LogP contribution in [0.4, 0.5) is 4.79 Å². The molecule has 6 nitrogen and oxygen atoms in total. The van der Waals surface area contributed by atoms with Crippen molar-refractivity contribution in [2.45, 2.75) is 52.0 Å². The summed E-state index contributed by atoms with van der Waals surface area (Å²) in [6, 6.07) is 7.73. The maximum absolute atomic E-state index is 11.9. The summed E-state index contributed by atoms with van der Waals surface area (Å²) in [5.74, 6) is -0.576. The number of hydrogen-bond donors (Lipinski definition) is 2. The number of esters is 1. The molecule has 0 aliphatic rings. The van der Waals surface area contributed by atoms with Crippen LogP contribution in [0.2, 0.25) is 0 Å². The Morgan fingerprint density at radius 3 is 2.36 bits per heavy atom. The third-order valence-electron chi connectivity index (χ3n) is 2.78. The van der Waals surface area contributed by atoms with Crippen LogP contribution in [-0.4, -0.2) is 29.7 Å². The highest BCUT2D eigenvalue weighted by Crippen LogP contribution is 2.07. The monoisotopic (exact) mass is 308 g/mol. The van der Waals surface area contributed by atoms with Crippen molar-refractivity contribution >= 4 is 12.1 Å². The molecule has 0 spiro atoms. The van der Waals surface area contributed by atoms with Gasteiger partial charge in [-0.2, -0.15) is 0 Å². The quantitative estimate of drug-likeness (QED) is 0.812. The van der Waals surface area contributed by atoms with Gasteiger partial charge in [-0.05, 0) is 33.3 Å². The molecule has 0 saturated heterocycles. The fourth-order valence-electron chi connectivity index (χ4n) is 1.61. The molecule has 1 amide bonds. The van der Waals surface area contributed by atoms with Gasteiger partial charge in [-0.1, -0.05) is 30.3 Å². The highest BCUT2D eigenvalue weighted by molar-refractivity contribution is 5.78. The van der Waals surface area contributed by atoms with E-state index in [0.29, 0.717) is 0 Å². The number of benzene rings is 1. The molecule has 1 aromatic carbocycles. The number of hydrogen-bond acceptors (Lipinski definition) is 5. The van der Waals surface area contributed by atoms with Crippen LogP contribution in [0.1, 0.15) is 33.3 Å². The van der Waals surface area contributed by atoms with Crippen molar-refractivity contribution in [2.75, 3.05) is 0 Å². The lowest BCUT2D eigenvalue weighted by Gasteiger charge is -2.24. The first kappa shape index (κ1) is 18.0. The molecule has 6 heteroatoms. The third-order valence-corrected chi connectivity index (χ3v) is 2.78. The van der Waals surface area contributed by atoms with Gasteiger partial charge >= 0.3 is 12.1 Å². The van der Waals surface area contributed by atoms with E-state index in [1.54, 1.807) is 27.7 Å². The van der Waals surface area contributed by atoms with Crippen LogP contribution in [0.3, 0.4) is 0 Å². The third kappa shape index (κ3) is 6.58. The SMILES string of the molecule is CC(NC(=O)OC(C)(C)C)C(N)C(=O)OCc1ccccc1. The first-order valence-corrected chi connectivity index (χ1v) is 7.14. The molecule has 0 aliphatic heterocycles. The molecule has 3 N–H and O–H groups in total. The summed E-state index contributed by atoms with van der Waals surface area (Å²) in [5, 5.41) is 2.53. The van der Waals surface area contributed by atoms with E-state index < -0.39 is 29.7 Å². The van der Waals surface area contributed by atoms with Crippen molar-refractivity contribution in [3.63, 3.8) is 0 Å². The largest absolute Gasteiger partial charge is 0.460 e. The molecule has 122 valence electrons. The minimum absolute atomic E-state index is 0.145. The molecule has 22 heavy (non-hydrogen) atoms. The zero-order valence-electron chi connectivity index (χ0n) is 13.5. The lowest BCUT2D eigenvalue weighted by molar-refractivity contribution is -0.147. The zero-order chi connectivity index (χ0) is 16.8. The van der Waals surface area contributed by atoms with Crippen molar-refractivity contribution in [3.05, 3.63) is 35.9 Å². The Morgan fingerprint density at radius 1 is 1.23 bits per heavy atom. The molecule has 0 heterocycles. The van der Waals surface area contributed by atoms with Crippen LogP contribution in [-0.2, 0) is 20.9 Å². The number of nitrogens with two attached hydrogens (primary N) is 1. The molecule has 1 aromatic rings. The summed E-state index contributed by atoms with van der Waals surface area (Å²) in [5.41, 5.74) is 6.05. The van der Waals surface area contributed by atoms with Crippen molar-refractivity contribution in [3.8, 4) is 0 Å². The van der Waals surface area contributed by atoms with Gasteiger partial charge in [-0.15, -0.1) is 0 Å². The summed E-state index contributed by atoms with van der Waals surface area (Å²) in [7, 11) is 0. The number of carbonyl (C=O) groups excluding carboxylic acids is 2. The van der Waals surface area contributed by atoms with E-state index in [1.807, 2.05) is 30.3 Å². The Labute approximate surface area is 131 Å². The summed E-state index contributed by atoms with van der Waals surface area (Å²) in [6.45, 7) is 7.03. The van der Waals surface area contributed by atoms with Crippen molar-refractivity contribution in [1.29, 1.82) is 0 Å². The Bertz CT molecular complexity index is 497. The number of carbonyl (C=O) groups is 2. The van der Waals surface area contributed by atoms with Crippen LogP contribution >= 0.6 is 0 Å². The number of ether oxygens (including phenoxy) is 2. The molecule has 0 saturated carbocycles. The van der Waals surface area contributed by atoms with E-state index in [0.717, 1.165) is 5.56 Å². The van der Waals surface area contributed by atoms with Gasteiger partial charge in [0.25, 0.3) is 0 Å². The second-order valence-electron chi connectivity index (χ2n) is 6.05. The first-order valence-electron chi connectivity index (χ1n) is 7.14. The second-order valence-corrected chi connectivity index (χ2v) is 6.05. The summed E-state index contributed by atoms with van der Waals surface area (Å²) in [6.07, 6.45) is -0.619. The van der Waals surface area contributed by atoms with Gasteiger partial charge in [0.15, 0.2) is 0 Å². The Morgan fingerprint density at radius 2 is 1.82 bits per heavy atom. The van der Waals surface area contributed by atoms with E-state index in [2.05, 4.69) is 5.32 Å². The number of rotatable bonds is 5. The van der Waals surface area contributed by atoms with Crippen LogP contribution in [0.5, 0.6) is 0 Å². The second kappa shape index (κ2) is 7.79. The van der Waals surface area contributed by atoms with Crippen LogP contribution in [0, 0.1) is 0 Å². The van der Waals surface area contributed by atoms with E-state index in [1.165, 1.54) is 0 Å². The minimum atomic E-state index is -0.962. The van der Waals surface area contributed by atoms with E-state index in [-0.39, 0.29) is 6.61 Å². The van der Waals surface area contributed by atoms with Gasteiger partial charge in [-0.25, -0.2) is 4.79 Å². The molecule has 0 radical (unpaired) electrons. The normalized spacial score (nSPS) is 13.9. The van der Waals surface area contributed by atoms with E-state index >= 15 is 0 Å². The number of amides is 1. The lowest BCUT2D eigenvalue weighted by atomic mass is 10.1. The maximum Gasteiger partial charge on any atom is 0.407 e. The van der Waals surface area contributed by atoms with E-state index in [9.17, 15) is 9.59 Å². The topological polar surface area (TPSA) is 90.6 Å². The molecule has 0 aliphatic carbocycles. The van der Waals surface area contributed by atoms with Gasteiger partial charge in [-0.3, -0.25) is 4.79 Å². The van der Waals surface area contributed by atoms with Gasteiger partial charge in [0.2, 0.25) is 0 Å². The highest BCUT2D eigenvalue weighted by Gasteiger charge is 2.26. The molecule has 0 bridgehead atoms. The minimum Gasteiger partial charge on any atom is -0.460 e. The molecule has 1 rings (SSSR count). The molecule has 2 unspecified atom stereocenters. The first-order chi connectivity index (χ1) is 10.2. The Balaban J connectivity index is 2.43. The van der Waals surface area contributed by atoms with E-state index in [4.69, 9.17) is 15.2 Å². The zero-order valence-corrected chi connectivity index (χ0v) is 13.5. The van der Waals surface area contributed by atoms with Gasteiger partial charge in [0.1, 0.15) is 18.2 Å². The molecule has 0 aromatic heterocycles. The van der Waals surface area contributed by atoms with Crippen molar-refractivity contribution in [2.24, 2.45) is 5.73 Å². The number of nitrogens with one attached hydrogen (secondary N) is 1. The average molecular weight is 308 g/mol. The number of alkyl carbamates (subject to hydrolysis) is 1. The lowest BCUT2D eigenvalue weighted by Crippen LogP contribution is -2.51. The van der Waals surface area contributed by atoms with Crippen LogP contribution in [0.15, 0.2) is 30.3 Å². The molecular formula is C16H24N2O4. The van der Waals surface area contributed by atoms with Crippen molar-refractivity contribution < 1.29 is 19.1 Å². The fourth-order valence-corrected chi connectivity index (χ4v) is 1.61. The van der Waals surface area contributed by atoms with Gasteiger partial charge in [0.05, 0.1) is 6.04 Å². The predicted octanol–water partition coefficient (Wildman–Crippen LogP) is 1.97. The maximum atomic E-state index is 11.9. The summed E-state index contributed by atoms with van der Waals surface area (Å²) in [4.78, 5) is 23.5. The standard InChI is InChI=1S/C16H24N2O4/c1-11(18-15(20)22-16(2,3)4)13(17)14(19)21-10-12-8-6-5-7-9-12/h5-9,11,13H,10,17H2,1-4H3,(H,18,20). The van der Waals surface area contributed by atoms with Crippen molar-refractivity contribution in [1.82, 2.24) is 5.32 Å². The predicted molar refractivity (Wildman–Crippen MR) is 83.0 cm³/mol. The smallest absolute Gasteiger partial charge is 0.407 e. The van der Waals surface area contributed by atoms with Gasteiger partial charge in [0, 0.05) is 0 Å². The fraction of sp³-hybridized carbons (Fsp3) is 0.500. The molecule has 0 fully saturated rings. The van der Waals surface area contributed by atoms with Crippen LogP contribution < -0.4 is 11.1 Å². The van der Waals surface area contributed by atoms with Crippen LogP contribution in [0.25, 0.3) is 0 Å². The Kier molecular flexibility index (Phi) is 6.37. The van der Waals surface area contributed by atoms with Gasteiger partial charge < -0.3 is 20.5 Å². The molecular weight excluding hydrogens is 284 g/mol. The Hall–Kier alpha value is -2.08.